The van der Waals surface area contributed by atoms with Crippen LogP contribution in [0, 0.1) is 0 Å². The van der Waals surface area contributed by atoms with Crippen molar-refractivity contribution < 1.29 is 9.47 Å². The third-order valence-electron chi connectivity index (χ3n) is 5.14. The van der Waals surface area contributed by atoms with Crippen molar-refractivity contribution in [2.75, 3.05) is 26.2 Å². The highest BCUT2D eigenvalue weighted by molar-refractivity contribution is 5.85. The second-order valence-electron chi connectivity index (χ2n) is 7.41. The first kappa shape index (κ1) is 22.6. The molecule has 1 saturated heterocycles. The summed E-state index contributed by atoms with van der Waals surface area (Å²) >= 11 is 0. The van der Waals surface area contributed by atoms with Gasteiger partial charge in [0.05, 0.1) is 6.61 Å². The Bertz CT molecular complexity index is 627. The summed E-state index contributed by atoms with van der Waals surface area (Å²) in [6.45, 7) is 4.74. The van der Waals surface area contributed by atoms with Crippen LogP contribution in [0.15, 0.2) is 54.6 Å². The van der Waals surface area contributed by atoms with Crippen LogP contribution >= 0.6 is 12.4 Å². The first-order valence-electron chi connectivity index (χ1n) is 10.6. The molecular weight excluding hydrogens is 370 g/mol. The molecule has 0 amide bonds. The van der Waals surface area contributed by atoms with Gasteiger partial charge in [-0.1, -0.05) is 43.9 Å². The molecule has 1 heterocycles. The predicted molar refractivity (Wildman–Crippen MR) is 119 cm³/mol. The first-order valence-corrected chi connectivity index (χ1v) is 10.6. The molecule has 1 aliphatic rings. The fraction of sp³-hybridized carbons (Fsp3) is 0.500. The van der Waals surface area contributed by atoms with Gasteiger partial charge in [-0.15, -0.1) is 12.4 Å². The zero-order chi connectivity index (χ0) is 18.6. The van der Waals surface area contributed by atoms with Crippen molar-refractivity contribution in [2.24, 2.45) is 0 Å². The van der Waals surface area contributed by atoms with E-state index in [9.17, 15) is 0 Å². The molecule has 0 unspecified atom stereocenters. The molecule has 0 spiro atoms. The Morgan fingerprint density at radius 3 is 2.00 bits per heavy atom. The quantitative estimate of drug-likeness (QED) is 0.389. The molecule has 0 aromatic heterocycles. The molecule has 1 aliphatic heterocycles. The third-order valence-corrected chi connectivity index (χ3v) is 5.14. The summed E-state index contributed by atoms with van der Waals surface area (Å²) in [6, 6.07) is 17.7. The van der Waals surface area contributed by atoms with Crippen LogP contribution in [0.25, 0.3) is 0 Å². The Morgan fingerprint density at radius 2 is 1.25 bits per heavy atom. The molecule has 1 fully saturated rings. The maximum Gasteiger partial charge on any atom is 0.127 e. The van der Waals surface area contributed by atoms with E-state index >= 15 is 0 Å². The van der Waals surface area contributed by atoms with Gasteiger partial charge in [0.1, 0.15) is 17.2 Å². The van der Waals surface area contributed by atoms with Crippen LogP contribution in [-0.4, -0.2) is 31.1 Å². The number of halogens is 1. The number of para-hydroxylation sites is 1. The molecule has 2 aromatic carbocycles. The number of piperidine rings is 1. The smallest absolute Gasteiger partial charge is 0.127 e. The van der Waals surface area contributed by atoms with Gasteiger partial charge >= 0.3 is 0 Å². The van der Waals surface area contributed by atoms with Crippen molar-refractivity contribution in [1.29, 1.82) is 0 Å². The Balaban J connectivity index is 0.00000280. The van der Waals surface area contributed by atoms with E-state index in [1.165, 1.54) is 64.6 Å². The van der Waals surface area contributed by atoms with Gasteiger partial charge in [-0.25, -0.2) is 0 Å². The molecule has 4 heteroatoms. The second-order valence-corrected chi connectivity index (χ2v) is 7.41. The van der Waals surface area contributed by atoms with Gasteiger partial charge in [0.2, 0.25) is 0 Å². The lowest BCUT2D eigenvalue weighted by molar-refractivity contribution is 0.223. The summed E-state index contributed by atoms with van der Waals surface area (Å²) in [6.07, 6.45) is 10.6. The van der Waals surface area contributed by atoms with Crippen LogP contribution in [0.1, 0.15) is 51.4 Å². The van der Waals surface area contributed by atoms with Gasteiger partial charge in [-0.3, -0.25) is 0 Å². The standard InChI is InChI=1S/C24H33NO2.ClH/c1(2-8-18-25-19-9-5-10-20-25)3-11-21-26-22-14-16-24(17-15-22)27-23-12-6-4-7-13-23;/h4,6-7,12-17H,1-3,5,8-11,18-21H2;1H. The van der Waals surface area contributed by atoms with E-state index in [1.54, 1.807) is 0 Å². The van der Waals surface area contributed by atoms with Crippen LogP contribution in [0.3, 0.4) is 0 Å². The van der Waals surface area contributed by atoms with Gasteiger partial charge in [0.15, 0.2) is 0 Å². The third kappa shape index (κ3) is 8.53. The number of likely N-dealkylation sites (tertiary alicyclic amines) is 1. The average Bonchev–Trinajstić information content (AvgIpc) is 2.73. The van der Waals surface area contributed by atoms with Crippen molar-refractivity contribution in [1.82, 2.24) is 4.90 Å². The highest BCUT2D eigenvalue weighted by atomic mass is 35.5. The zero-order valence-electron chi connectivity index (χ0n) is 16.9. The molecule has 0 radical (unpaired) electrons. The second kappa shape index (κ2) is 13.5. The Kier molecular flexibility index (Phi) is 10.9. The monoisotopic (exact) mass is 403 g/mol. The van der Waals surface area contributed by atoms with E-state index in [2.05, 4.69) is 4.90 Å². The van der Waals surface area contributed by atoms with Gasteiger partial charge < -0.3 is 14.4 Å². The minimum absolute atomic E-state index is 0. The largest absolute Gasteiger partial charge is 0.494 e. The summed E-state index contributed by atoms with van der Waals surface area (Å²) in [7, 11) is 0. The Morgan fingerprint density at radius 1 is 0.643 bits per heavy atom. The topological polar surface area (TPSA) is 21.7 Å². The molecule has 154 valence electrons. The van der Waals surface area contributed by atoms with Gasteiger partial charge in [0, 0.05) is 0 Å². The lowest BCUT2D eigenvalue weighted by atomic mass is 10.1. The van der Waals surface area contributed by atoms with E-state index in [4.69, 9.17) is 9.47 Å². The maximum absolute atomic E-state index is 5.85. The molecule has 3 rings (SSSR count). The normalized spacial score (nSPS) is 14.3. The van der Waals surface area contributed by atoms with Crippen LogP contribution in [0.4, 0.5) is 0 Å². The number of ether oxygens (including phenoxy) is 2. The SMILES string of the molecule is Cl.c1ccc(Oc2ccc(OCCCCCCCN3CCCCC3)cc2)cc1. The molecular formula is C24H34ClNO2. The highest BCUT2D eigenvalue weighted by Crippen LogP contribution is 2.23. The number of rotatable bonds is 11. The first-order chi connectivity index (χ1) is 13.4. The van der Waals surface area contributed by atoms with Crippen molar-refractivity contribution in [3.8, 4) is 17.2 Å². The molecule has 0 atom stereocenters. The molecule has 2 aromatic rings. The molecule has 0 aliphatic carbocycles. The van der Waals surface area contributed by atoms with Crippen LogP contribution in [0.2, 0.25) is 0 Å². The lowest BCUT2D eigenvalue weighted by Gasteiger charge is -2.26. The Labute approximate surface area is 176 Å². The molecule has 0 N–H and O–H groups in total. The number of unbranched alkanes of at least 4 members (excludes halogenated alkanes) is 4. The zero-order valence-corrected chi connectivity index (χ0v) is 17.7. The highest BCUT2D eigenvalue weighted by Gasteiger charge is 2.08. The fourth-order valence-electron chi connectivity index (χ4n) is 3.57. The fourth-order valence-corrected chi connectivity index (χ4v) is 3.57. The van der Waals surface area contributed by atoms with Crippen molar-refractivity contribution in [3.63, 3.8) is 0 Å². The number of nitrogens with zero attached hydrogens (tertiary/aromatic N) is 1. The lowest BCUT2D eigenvalue weighted by Crippen LogP contribution is -2.30. The summed E-state index contributed by atoms with van der Waals surface area (Å²) < 4.78 is 11.6. The van der Waals surface area contributed by atoms with E-state index < -0.39 is 0 Å². The summed E-state index contributed by atoms with van der Waals surface area (Å²) in [5, 5.41) is 0. The average molecular weight is 404 g/mol. The van der Waals surface area contributed by atoms with Gasteiger partial charge in [-0.05, 0) is 81.7 Å². The molecule has 3 nitrogen and oxygen atoms in total. The van der Waals surface area contributed by atoms with E-state index in [1.807, 2.05) is 54.6 Å². The van der Waals surface area contributed by atoms with Gasteiger partial charge in [-0.2, -0.15) is 0 Å². The molecule has 0 bridgehead atoms. The van der Waals surface area contributed by atoms with E-state index in [0.717, 1.165) is 30.3 Å². The van der Waals surface area contributed by atoms with Gasteiger partial charge in [0.25, 0.3) is 0 Å². The predicted octanol–water partition coefficient (Wildman–Crippen LogP) is 6.72. The number of hydrogen-bond donors (Lipinski definition) is 0. The number of benzene rings is 2. The van der Waals surface area contributed by atoms with E-state index in [0.29, 0.717) is 0 Å². The van der Waals surface area contributed by atoms with Crippen molar-refractivity contribution in [2.45, 2.75) is 51.4 Å². The van der Waals surface area contributed by atoms with E-state index in [-0.39, 0.29) is 12.4 Å². The summed E-state index contributed by atoms with van der Waals surface area (Å²) in [5.74, 6) is 2.61. The summed E-state index contributed by atoms with van der Waals surface area (Å²) in [4.78, 5) is 2.64. The van der Waals surface area contributed by atoms with Crippen LogP contribution in [0.5, 0.6) is 17.2 Å². The minimum Gasteiger partial charge on any atom is -0.494 e. The maximum atomic E-state index is 5.85. The molecule has 28 heavy (non-hydrogen) atoms. The van der Waals surface area contributed by atoms with Crippen LogP contribution in [-0.2, 0) is 0 Å². The molecule has 0 saturated carbocycles. The van der Waals surface area contributed by atoms with Crippen molar-refractivity contribution >= 4 is 12.4 Å². The van der Waals surface area contributed by atoms with Crippen molar-refractivity contribution in [3.05, 3.63) is 54.6 Å². The summed E-state index contributed by atoms with van der Waals surface area (Å²) in [5.41, 5.74) is 0. The number of hydrogen-bond acceptors (Lipinski definition) is 3. The Hall–Kier alpha value is -1.71. The van der Waals surface area contributed by atoms with Crippen LogP contribution < -0.4 is 9.47 Å². The minimum atomic E-state index is 0.